The SMILES string of the molecule is CC=Cc1c(-c2ccccc2C)ccc(C2(c3ccc(-c4ccccc4C)c(C=CC)c3O)c3ccccc3-c3ccccc32)c1O. The van der Waals surface area contributed by atoms with E-state index in [2.05, 4.69) is 111 Å². The molecule has 2 N–H and O–H groups in total. The van der Waals surface area contributed by atoms with Gasteiger partial charge in [0.2, 0.25) is 0 Å². The van der Waals surface area contributed by atoms with Crippen molar-refractivity contribution in [3.05, 3.63) is 178 Å². The Labute approximate surface area is 277 Å². The van der Waals surface area contributed by atoms with Crippen LogP contribution in [0.2, 0.25) is 0 Å². The standard InChI is InChI=1S/C45H38O2/c1-5-15-37-33(31-19-9-7-17-29(31)3)25-27-41(43(37)46)45(39-23-13-11-21-35(39)36-22-12-14-24-40(36)45)42-28-26-34(38(16-6-2)44(42)47)32-20-10-8-18-30(32)4/h5-28,46-47H,1-4H3. The zero-order valence-electron chi connectivity index (χ0n) is 27.3. The van der Waals surface area contributed by atoms with E-state index >= 15 is 0 Å². The number of rotatable bonds is 6. The van der Waals surface area contributed by atoms with Gasteiger partial charge in [-0.3, -0.25) is 0 Å². The maximum absolute atomic E-state index is 12.6. The highest BCUT2D eigenvalue weighted by molar-refractivity contribution is 5.92. The molecule has 0 unspecified atom stereocenters. The fourth-order valence-electron chi connectivity index (χ4n) is 7.67. The van der Waals surface area contributed by atoms with Crippen LogP contribution in [0, 0.1) is 13.8 Å². The summed E-state index contributed by atoms with van der Waals surface area (Å²) in [5, 5.41) is 25.2. The minimum absolute atomic E-state index is 0.199. The van der Waals surface area contributed by atoms with Crippen LogP contribution in [0.4, 0.5) is 0 Å². The Hall–Kier alpha value is -5.60. The number of hydrogen-bond donors (Lipinski definition) is 2. The largest absolute Gasteiger partial charge is 0.507 e. The number of hydrogen-bond acceptors (Lipinski definition) is 2. The van der Waals surface area contributed by atoms with Gasteiger partial charge in [-0.2, -0.15) is 0 Å². The molecular weight excluding hydrogens is 572 g/mol. The Morgan fingerprint density at radius 3 is 1.15 bits per heavy atom. The molecule has 0 spiro atoms. The number of aryl methyl sites for hydroxylation is 2. The van der Waals surface area contributed by atoms with E-state index in [0.717, 1.165) is 77.9 Å². The molecule has 47 heavy (non-hydrogen) atoms. The molecule has 0 bridgehead atoms. The van der Waals surface area contributed by atoms with Gasteiger partial charge in [0.15, 0.2) is 0 Å². The van der Waals surface area contributed by atoms with Gasteiger partial charge in [-0.05, 0) is 83.3 Å². The van der Waals surface area contributed by atoms with Gasteiger partial charge in [0.25, 0.3) is 0 Å². The lowest BCUT2D eigenvalue weighted by Crippen LogP contribution is -2.29. The Bertz CT molecular complexity index is 2060. The summed E-state index contributed by atoms with van der Waals surface area (Å²) in [7, 11) is 0. The van der Waals surface area contributed by atoms with Crippen molar-refractivity contribution < 1.29 is 10.2 Å². The molecule has 1 aliphatic rings. The Balaban J connectivity index is 1.63. The molecule has 2 nitrogen and oxygen atoms in total. The predicted molar refractivity (Wildman–Crippen MR) is 197 cm³/mol. The summed E-state index contributed by atoms with van der Waals surface area (Å²) in [6, 6.07) is 41.7. The maximum atomic E-state index is 12.6. The van der Waals surface area contributed by atoms with Gasteiger partial charge in [0.05, 0.1) is 5.41 Å². The highest BCUT2D eigenvalue weighted by Crippen LogP contribution is 2.61. The monoisotopic (exact) mass is 610 g/mol. The van der Waals surface area contributed by atoms with Crippen molar-refractivity contribution in [1.29, 1.82) is 0 Å². The fourth-order valence-corrected chi connectivity index (χ4v) is 7.67. The molecule has 0 saturated carbocycles. The van der Waals surface area contributed by atoms with Crippen molar-refractivity contribution in [1.82, 2.24) is 0 Å². The van der Waals surface area contributed by atoms with Crippen molar-refractivity contribution in [3.63, 3.8) is 0 Å². The third kappa shape index (κ3) is 4.55. The topological polar surface area (TPSA) is 40.5 Å². The van der Waals surface area contributed by atoms with Gasteiger partial charge in [-0.25, -0.2) is 0 Å². The maximum Gasteiger partial charge on any atom is 0.128 e. The van der Waals surface area contributed by atoms with Gasteiger partial charge in [0.1, 0.15) is 11.5 Å². The van der Waals surface area contributed by atoms with Crippen LogP contribution in [0.1, 0.15) is 58.4 Å². The van der Waals surface area contributed by atoms with E-state index in [-0.39, 0.29) is 11.5 Å². The van der Waals surface area contributed by atoms with Crippen LogP contribution in [-0.4, -0.2) is 10.2 Å². The summed E-state index contributed by atoms with van der Waals surface area (Å²) in [5.41, 5.74) is 12.5. The van der Waals surface area contributed by atoms with Crippen molar-refractivity contribution >= 4 is 12.2 Å². The summed E-state index contributed by atoms with van der Waals surface area (Å²) >= 11 is 0. The van der Waals surface area contributed by atoms with Gasteiger partial charge in [0, 0.05) is 22.3 Å². The zero-order chi connectivity index (χ0) is 32.7. The molecule has 6 aromatic carbocycles. The molecule has 2 heteroatoms. The van der Waals surface area contributed by atoms with E-state index in [9.17, 15) is 10.2 Å². The first-order chi connectivity index (χ1) is 22.9. The lowest BCUT2D eigenvalue weighted by atomic mass is 9.65. The number of aromatic hydroxyl groups is 2. The van der Waals surface area contributed by atoms with E-state index < -0.39 is 5.41 Å². The Kier molecular flexibility index (Phi) is 7.66. The Morgan fingerprint density at radius 2 is 0.766 bits per heavy atom. The predicted octanol–water partition coefficient (Wildman–Crippen LogP) is 11.5. The summed E-state index contributed by atoms with van der Waals surface area (Å²) in [5.74, 6) is 0.399. The lowest BCUT2D eigenvalue weighted by molar-refractivity contribution is 0.447. The van der Waals surface area contributed by atoms with E-state index in [0.29, 0.717) is 0 Å². The molecule has 0 aromatic heterocycles. The van der Waals surface area contributed by atoms with Crippen LogP contribution in [0.25, 0.3) is 45.5 Å². The molecule has 0 atom stereocenters. The van der Waals surface area contributed by atoms with E-state index in [1.807, 2.05) is 62.4 Å². The van der Waals surface area contributed by atoms with Crippen molar-refractivity contribution in [2.75, 3.05) is 0 Å². The number of benzene rings is 6. The highest BCUT2D eigenvalue weighted by Gasteiger charge is 2.49. The summed E-state index contributed by atoms with van der Waals surface area (Å²) in [4.78, 5) is 0. The Morgan fingerprint density at radius 1 is 0.404 bits per heavy atom. The molecule has 7 rings (SSSR count). The molecule has 6 aromatic rings. The smallest absolute Gasteiger partial charge is 0.128 e. The molecular formula is C45H38O2. The van der Waals surface area contributed by atoms with Gasteiger partial charge >= 0.3 is 0 Å². The molecule has 0 fully saturated rings. The van der Waals surface area contributed by atoms with Crippen LogP contribution in [0.3, 0.4) is 0 Å². The first-order valence-corrected chi connectivity index (χ1v) is 16.2. The number of allylic oxidation sites excluding steroid dienone is 2. The average molecular weight is 611 g/mol. The van der Waals surface area contributed by atoms with E-state index in [1.165, 1.54) is 0 Å². The third-order valence-corrected chi connectivity index (χ3v) is 9.73. The van der Waals surface area contributed by atoms with Gasteiger partial charge in [-0.1, -0.05) is 146 Å². The van der Waals surface area contributed by atoms with Crippen LogP contribution in [0.15, 0.2) is 133 Å². The number of phenols is 2. The second kappa shape index (κ2) is 12.0. The molecule has 0 aliphatic heterocycles. The first kappa shape index (κ1) is 30.1. The molecule has 0 amide bonds. The normalized spacial score (nSPS) is 13.3. The van der Waals surface area contributed by atoms with Crippen LogP contribution in [0.5, 0.6) is 11.5 Å². The minimum atomic E-state index is -0.997. The summed E-state index contributed by atoms with van der Waals surface area (Å²) in [6.45, 7) is 8.15. The molecule has 0 radical (unpaired) electrons. The van der Waals surface area contributed by atoms with Gasteiger partial charge < -0.3 is 10.2 Å². The second-order valence-electron chi connectivity index (χ2n) is 12.3. The van der Waals surface area contributed by atoms with Crippen LogP contribution >= 0.6 is 0 Å². The number of phenolic OH excluding ortho intramolecular Hbond substituents is 2. The lowest BCUT2D eigenvalue weighted by Gasteiger charge is -2.36. The average Bonchev–Trinajstić information content (AvgIpc) is 3.38. The van der Waals surface area contributed by atoms with Crippen LogP contribution < -0.4 is 0 Å². The summed E-state index contributed by atoms with van der Waals surface area (Å²) < 4.78 is 0. The van der Waals surface area contributed by atoms with Crippen LogP contribution in [-0.2, 0) is 5.41 Å². The quantitative estimate of drug-likeness (QED) is 0.197. The van der Waals surface area contributed by atoms with Crippen molar-refractivity contribution in [2.45, 2.75) is 33.1 Å². The van der Waals surface area contributed by atoms with Crippen molar-refractivity contribution in [2.24, 2.45) is 0 Å². The fraction of sp³-hybridized carbons (Fsp3) is 0.111. The molecule has 1 aliphatic carbocycles. The molecule has 230 valence electrons. The second-order valence-corrected chi connectivity index (χ2v) is 12.3. The third-order valence-electron chi connectivity index (χ3n) is 9.73. The highest BCUT2D eigenvalue weighted by atomic mass is 16.3. The minimum Gasteiger partial charge on any atom is -0.507 e. The first-order valence-electron chi connectivity index (χ1n) is 16.2. The molecule has 0 saturated heterocycles. The summed E-state index contributed by atoms with van der Waals surface area (Å²) in [6.07, 6.45) is 7.94. The van der Waals surface area contributed by atoms with E-state index in [1.54, 1.807) is 0 Å². The van der Waals surface area contributed by atoms with Crippen molar-refractivity contribution in [3.8, 4) is 44.9 Å². The van der Waals surface area contributed by atoms with E-state index in [4.69, 9.17) is 0 Å². The van der Waals surface area contributed by atoms with Gasteiger partial charge in [-0.15, -0.1) is 0 Å². The zero-order valence-corrected chi connectivity index (χ0v) is 27.3. The molecule has 0 heterocycles. The number of fused-ring (bicyclic) bond motifs is 3.